The summed E-state index contributed by atoms with van der Waals surface area (Å²) in [5.41, 5.74) is 4.09. The highest BCUT2D eigenvalue weighted by atomic mass is 35.5. The molecule has 202 valence electrons. The monoisotopic (exact) mass is 572 g/mol. The normalized spacial score (nSPS) is 11.6. The van der Waals surface area contributed by atoms with Gasteiger partial charge >= 0.3 is 0 Å². The molecule has 5 aromatic rings. The fraction of sp³-hybridized carbons (Fsp3) is 0.269. The number of anilines is 1. The van der Waals surface area contributed by atoms with Gasteiger partial charge in [-0.05, 0) is 44.5 Å². The largest absolute Gasteiger partial charge is 0.321 e. The summed E-state index contributed by atoms with van der Waals surface area (Å²) in [6.45, 7) is 5.46. The number of fused-ring (bicyclic) bond motifs is 1. The van der Waals surface area contributed by atoms with Gasteiger partial charge in [-0.25, -0.2) is 18.4 Å². The lowest BCUT2D eigenvalue weighted by Crippen LogP contribution is -2.20. The number of aromatic nitrogens is 7. The van der Waals surface area contributed by atoms with E-state index in [2.05, 4.69) is 25.6 Å². The first-order valence-electron chi connectivity index (χ1n) is 11.9. The van der Waals surface area contributed by atoms with Gasteiger partial charge in [-0.3, -0.25) is 14.2 Å². The van der Waals surface area contributed by atoms with Gasteiger partial charge in [0.05, 0.1) is 56.6 Å². The Labute approximate surface area is 232 Å². The molecule has 0 spiro atoms. The fourth-order valence-corrected chi connectivity index (χ4v) is 4.85. The number of carbonyl (C=O) groups is 1. The summed E-state index contributed by atoms with van der Waals surface area (Å²) in [7, 11) is 1.73. The summed E-state index contributed by atoms with van der Waals surface area (Å²) in [6.07, 6.45) is 0.484. The summed E-state index contributed by atoms with van der Waals surface area (Å²) in [5.74, 6) is -0.396. The van der Waals surface area contributed by atoms with Crippen molar-refractivity contribution in [2.45, 2.75) is 40.3 Å². The van der Waals surface area contributed by atoms with E-state index in [4.69, 9.17) is 23.2 Å². The van der Waals surface area contributed by atoms with E-state index in [1.807, 2.05) is 13.0 Å². The van der Waals surface area contributed by atoms with E-state index in [-0.39, 0.29) is 23.1 Å². The van der Waals surface area contributed by atoms with Crippen LogP contribution in [0.4, 0.5) is 14.5 Å². The van der Waals surface area contributed by atoms with Crippen molar-refractivity contribution in [3.05, 3.63) is 74.9 Å². The maximum Gasteiger partial charge on any atom is 0.264 e. The molecule has 39 heavy (non-hydrogen) atoms. The van der Waals surface area contributed by atoms with Gasteiger partial charge in [-0.1, -0.05) is 29.3 Å². The quantitative estimate of drug-likeness (QED) is 0.262. The molecule has 1 aromatic carbocycles. The Kier molecular flexibility index (Phi) is 7.13. The molecule has 13 heteroatoms. The molecule has 0 aliphatic rings. The number of rotatable bonds is 7. The van der Waals surface area contributed by atoms with Gasteiger partial charge < -0.3 is 5.32 Å². The van der Waals surface area contributed by atoms with E-state index in [0.717, 1.165) is 11.3 Å². The lowest BCUT2D eigenvalue weighted by Gasteiger charge is -2.09. The first-order valence-corrected chi connectivity index (χ1v) is 12.7. The molecule has 5 rings (SSSR count). The topological polar surface area (TPSA) is 95.5 Å². The van der Waals surface area contributed by atoms with Gasteiger partial charge in [0.1, 0.15) is 6.54 Å². The molecule has 0 radical (unpaired) electrons. The van der Waals surface area contributed by atoms with Crippen molar-refractivity contribution in [2.75, 3.05) is 5.32 Å². The van der Waals surface area contributed by atoms with E-state index in [1.54, 1.807) is 54.8 Å². The van der Waals surface area contributed by atoms with Crippen molar-refractivity contribution < 1.29 is 13.6 Å². The summed E-state index contributed by atoms with van der Waals surface area (Å²) >= 11 is 12.2. The van der Waals surface area contributed by atoms with Crippen LogP contribution in [0, 0.1) is 20.8 Å². The van der Waals surface area contributed by atoms with Crippen LogP contribution in [0.5, 0.6) is 0 Å². The average molecular weight is 573 g/mol. The van der Waals surface area contributed by atoms with Crippen molar-refractivity contribution >= 4 is 45.8 Å². The number of amides is 1. The molecule has 4 aromatic heterocycles. The molecular weight excluding hydrogens is 549 g/mol. The number of carbonyl (C=O) groups excluding carboxylic acids is 1. The Morgan fingerprint density at radius 1 is 1.05 bits per heavy atom. The summed E-state index contributed by atoms with van der Waals surface area (Å²) in [4.78, 5) is 17.7. The number of benzene rings is 1. The summed E-state index contributed by atoms with van der Waals surface area (Å²) < 4.78 is 32.7. The zero-order valence-electron chi connectivity index (χ0n) is 21.5. The molecule has 0 fully saturated rings. The van der Waals surface area contributed by atoms with Crippen molar-refractivity contribution in [3.8, 4) is 11.3 Å². The number of hydrogen-bond acceptors (Lipinski definition) is 5. The minimum atomic E-state index is -2.75. The summed E-state index contributed by atoms with van der Waals surface area (Å²) in [5, 5.41) is 17.1. The van der Waals surface area contributed by atoms with Gasteiger partial charge in [0.25, 0.3) is 6.43 Å². The second-order valence-electron chi connectivity index (χ2n) is 9.24. The van der Waals surface area contributed by atoms with Crippen LogP contribution in [-0.2, 0) is 24.9 Å². The van der Waals surface area contributed by atoms with E-state index < -0.39 is 12.3 Å². The number of alkyl halides is 2. The van der Waals surface area contributed by atoms with Crippen LogP contribution in [0.25, 0.3) is 22.3 Å². The van der Waals surface area contributed by atoms with E-state index in [1.165, 1.54) is 10.7 Å². The van der Waals surface area contributed by atoms with Gasteiger partial charge in [0, 0.05) is 24.4 Å². The van der Waals surface area contributed by atoms with Crippen molar-refractivity contribution in [2.24, 2.45) is 7.05 Å². The Morgan fingerprint density at radius 2 is 1.79 bits per heavy atom. The van der Waals surface area contributed by atoms with Gasteiger partial charge in [-0.2, -0.15) is 15.3 Å². The van der Waals surface area contributed by atoms with Crippen molar-refractivity contribution in [3.63, 3.8) is 0 Å². The maximum atomic E-state index is 14.0. The first-order chi connectivity index (χ1) is 18.5. The molecule has 4 heterocycles. The number of halogens is 4. The highest BCUT2D eigenvalue weighted by molar-refractivity contribution is 6.42. The standard InChI is InChI=1S/C26H24Cl2F2N8O/c1-13-23-18(25(29)30)8-21(17-9-31-36(4)11-17)32-26(23)38(34-13)12-22(39)33-24-14(2)35-37(15(24)3)10-16-5-6-19(27)20(28)7-16/h5-9,11,25H,10,12H2,1-4H3,(H,33,39). The molecular formula is C26H24Cl2F2N8O. The van der Waals surface area contributed by atoms with Crippen LogP contribution >= 0.6 is 23.2 Å². The number of nitrogens with one attached hydrogen (secondary N) is 1. The molecule has 0 saturated carbocycles. The minimum absolute atomic E-state index is 0.196. The van der Waals surface area contributed by atoms with Crippen molar-refractivity contribution in [1.29, 1.82) is 0 Å². The first kappa shape index (κ1) is 26.8. The van der Waals surface area contributed by atoms with Crippen LogP contribution in [-0.4, -0.2) is 40.2 Å². The Bertz CT molecular complexity index is 1720. The van der Waals surface area contributed by atoms with Crippen LogP contribution in [0.1, 0.15) is 34.6 Å². The highest BCUT2D eigenvalue weighted by Crippen LogP contribution is 2.33. The molecule has 0 saturated heterocycles. The molecule has 0 unspecified atom stereocenters. The third-order valence-corrected chi connectivity index (χ3v) is 7.14. The zero-order valence-corrected chi connectivity index (χ0v) is 23.0. The third-order valence-electron chi connectivity index (χ3n) is 6.40. The van der Waals surface area contributed by atoms with Gasteiger partial charge in [-0.15, -0.1) is 0 Å². The van der Waals surface area contributed by atoms with E-state index in [0.29, 0.717) is 44.9 Å². The lowest BCUT2D eigenvalue weighted by molar-refractivity contribution is -0.116. The molecule has 1 amide bonds. The van der Waals surface area contributed by atoms with Crippen LogP contribution in [0.3, 0.4) is 0 Å². The minimum Gasteiger partial charge on any atom is -0.321 e. The van der Waals surface area contributed by atoms with Gasteiger partial charge in [0.15, 0.2) is 5.65 Å². The molecule has 0 bridgehead atoms. The van der Waals surface area contributed by atoms with Crippen molar-refractivity contribution in [1.82, 2.24) is 34.3 Å². The molecule has 0 aliphatic heterocycles. The highest BCUT2D eigenvalue weighted by Gasteiger charge is 2.23. The lowest BCUT2D eigenvalue weighted by atomic mass is 10.1. The average Bonchev–Trinajstić information content (AvgIpc) is 3.53. The zero-order chi connectivity index (χ0) is 28.0. The number of hydrogen-bond donors (Lipinski definition) is 1. The number of nitrogens with zero attached hydrogens (tertiary/aromatic N) is 7. The third kappa shape index (κ3) is 5.24. The molecule has 1 N–H and O–H groups in total. The molecule has 9 nitrogen and oxygen atoms in total. The number of aryl methyl sites for hydroxylation is 3. The van der Waals surface area contributed by atoms with Crippen LogP contribution < -0.4 is 5.32 Å². The smallest absolute Gasteiger partial charge is 0.264 e. The molecule has 0 aliphatic carbocycles. The second kappa shape index (κ2) is 10.4. The van der Waals surface area contributed by atoms with Crippen LogP contribution in [0.15, 0.2) is 36.7 Å². The molecule has 0 atom stereocenters. The van der Waals surface area contributed by atoms with Crippen LogP contribution in [0.2, 0.25) is 10.0 Å². The van der Waals surface area contributed by atoms with E-state index in [9.17, 15) is 13.6 Å². The van der Waals surface area contributed by atoms with E-state index >= 15 is 0 Å². The van der Waals surface area contributed by atoms with Gasteiger partial charge in [0.2, 0.25) is 5.91 Å². The summed E-state index contributed by atoms with van der Waals surface area (Å²) in [6, 6.07) is 6.69. The Morgan fingerprint density at radius 3 is 2.46 bits per heavy atom. The Hall–Kier alpha value is -3.83. The second-order valence-corrected chi connectivity index (χ2v) is 10.1. The fourth-order valence-electron chi connectivity index (χ4n) is 4.53. The maximum absolute atomic E-state index is 14.0. The predicted octanol–water partition coefficient (Wildman–Crippen LogP) is 5.88. The predicted molar refractivity (Wildman–Crippen MR) is 145 cm³/mol. The SMILES string of the molecule is Cc1nn(Cc2ccc(Cl)c(Cl)c2)c(C)c1NC(=O)Cn1nc(C)c2c(C(F)F)cc(-c3cnn(C)c3)nc21. The Balaban J connectivity index is 1.43. The number of pyridine rings is 1.